The van der Waals surface area contributed by atoms with Gasteiger partial charge in [-0.2, -0.15) is 10.5 Å². The van der Waals surface area contributed by atoms with Crippen molar-refractivity contribution < 1.29 is 0 Å². The highest BCUT2D eigenvalue weighted by Crippen LogP contribution is 2.18. The van der Waals surface area contributed by atoms with Crippen LogP contribution in [0.2, 0.25) is 0 Å². The largest absolute Gasteiger partial charge is 0.192 e. The summed E-state index contributed by atoms with van der Waals surface area (Å²) in [5, 5.41) is 19.3. The number of hydrogen-bond acceptors (Lipinski definition) is 2. The van der Waals surface area contributed by atoms with Crippen molar-refractivity contribution in [1.82, 2.24) is 0 Å². The first-order valence-corrected chi connectivity index (χ1v) is 13.0. The Hall–Kier alpha value is -5.80. The summed E-state index contributed by atoms with van der Waals surface area (Å²) in [6.45, 7) is 0. The van der Waals surface area contributed by atoms with Crippen LogP contribution in [0.15, 0.2) is 121 Å². The molecule has 5 aromatic carbocycles. The summed E-state index contributed by atoms with van der Waals surface area (Å²) in [7, 11) is 0. The summed E-state index contributed by atoms with van der Waals surface area (Å²) in [4.78, 5) is 0. The van der Waals surface area contributed by atoms with Gasteiger partial charge in [-0.1, -0.05) is 96.5 Å². The fourth-order valence-corrected chi connectivity index (χ4v) is 4.37. The van der Waals surface area contributed by atoms with Gasteiger partial charge in [0.15, 0.2) is 0 Å². The molecule has 0 unspecified atom stereocenters. The van der Waals surface area contributed by atoms with Gasteiger partial charge >= 0.3 is 0 Å². The van der Waals surface area contributed by atoms with Crippen LogP contribution in [-0.2, 0) is 12.8 Å². The molecule has 0 amide bonds. The van der Waals surface area contributed by atoms with Gasteiger partial charge in [0.2, 0.25) is 0 Å². The van der Waals surface area contributed by atoms with E-state index in [-0.39, 0.29) is 0 Å². The minimum absolute atomic E-state index is 0.586. The molecule has 5 aromatic rings. The molecule has 40 heavy (non-hydrogen) atoms. The van der Waals surface area contributed by atoms with E-state index in [1.807, 2.05) is 97.1 Å². The van der Waals surface area contributed by atoms with Gasteiger partial charge in [-0.25, -0.2) is 0 Å². The normalized spacial score (nSPS) is 9.75. The van der Waals surface area contributed by atoms with E-state index in [9.17, 15) is 10.5 Å². The van der Waals surface area contributed by atoms with E-state index < -0.39 is 0 Å². The first kappa shape index (κ1) is 25.8. The van der Waals surface area contributed by atoms with Gasteiger partial charge in [0.05, 0.1) is 11.1 Å². The van der Waals surface area contributed by atoms with Crippen LogP contribution in [-0.4, -0.2) is 0 Å². The van der Waals surface area contributed by atoms with Crippen LogP contribution >= 0.6 is 0 Å². The lowest BCUT2D eigenvalue weighted by Gasteiger charge is -2.07. The summed E-state index contributed by atoms with van der Waals surface area (Å²) < 4.78 is 0. The first-order valence-electron chi connectivity index (χ1n) is 13.0. The van der Waals surface area contributed by atoms with Crippen LogP contribution in [0.5, 0.6) is 0 Å². The minimum Gasteiger partial charge on any atom is -0.192 e. The Morgan fingerprint density at radius 3 is 1.12 bits per heavy atom. The van der Waals surface area contributed by atoms with Crippen LogP contribution < -0.4 is 0 Å². The summed E-state index contributed by atoms with van der Waals surface area (Å²) in [5.74, 6) is 12.5. The molecule has 0 aliphatic carbocycles. The molecule has 0 aliphatic heterocycles. The maximum absolute atomic E-state index is 9.67. The van der Waals surface area contributed by atoms with Crippen molar-refractivity contribution >= 4 is 0 Å². The molecule has 2 heteroatoms. The Morgan fingerprint density at radius 1 is 0.375 bits per heavy atom. The highest BCUT2D eigenvalue weighted by molar-refractivity contribution is 5.54. The van der Waals surface area contributed by atoms with E-state index in [1.54, 1.807) is 0 Å². The molecule has 0 radical (unpaired) electrons. The zero-order valence-corrected chi connectivity index (χ0v) is 21.9. The van der Waals surface area contributed by atoms with Crippen molar-refractivity contribution in [3.63, 3.8) is 0 Å². The highest BCUT2D eigenvalue weighted by Gasteiger charge is 2.06. The van der Waals surface area contributed by atoms with E-state index >= 15 is 0 Å². The fourth-order valence-electron chi connectivity index (χ4n) is 4.37. The van der Waals surface area contributed by atoms with Crippen molar-refractivity contribution in [3.05, 3.63) is 177 Å². The van der Waals surface area contributed by atoms with Crippen molar-refractivity contribution in [2.24, 2.45) is 0 Å². The molecule has 0 aromatic heterocycles. The fraction of sp³-hybridized carbons (Fsp3) is 0.0526. The Bertz CT molecular complexity index is 1710. The van der Waals surface area contributed by atoms with Gasteiger partial charge < -0.3 is 0 Å². The molecular formula is C38H24N2. The second kappa shape index (κ2) is 12.6. The molecule has 0 saturated heterocycles. The van der Waals surface area contributed by atoms with Crippen LogP contribution in [0.1, 0.15) is 55.6 Å². The summed E-state index contributed by atoms with van der Waals surface area (Å²) in [5.41, 5.74) is 8.96. The van der Waals surface area contributed by atoms with Crippen molar-refractivity contribution in [2.75, 3.05) is 0 Å². The highest BCUT2D eigenvalue weighted by atomic mass is 14.2. The smallest absolute Gasteiger partial charge is 0.100 e. The predicted octanol–water partition coefficient (Wildman–Crippen LogP) is 7.41. The van der Waals surface area contributed by atoms with Crippen LogP contribution in [0.3, 0.4) is 0 Å². The predicted molar refractivity (Wildman–Crippen MR) is 159 cm³/mol. The maximum Gasteiger partial charge on any atom is 0.100 e. The molecule has 0 bridgehead atoms. The third kappa shape index (κ3) is 6.74. The van der Waals surface area contributed by atoms with Gasteiger partial charge in [-0.3, -0.25) is 0 Å². The molecule has 0 saturated carbocycles. The van der Waals surface area contributed by atoms with E-state index in [0.29, 0.717) is 11.1 Å². The van der Waals surface area contributed by atoms with Crippen molar-refractivity contribution in [2.45, 2.75) is 12.8 Å². The number of rotatable bonds is 4. The van der Waals surface area contributed by atoms with Gasteiger partial charge in [0.25, 0.3) is 0 Å². The quantitative estimate of drug-likeness (QED) is 0.237. The molecule has 0 atom stereocenters. The van der Waals surface area contributed by atoms with Crippen LogP contribution in [0.25, 0.3) is 0 Å². The average molecular weight is 509 g/mol. The number of hydrogen-bond donors (Lipinski definition) is 0. The molecule has 0 N–H and O–H groups in total. The third-order valence-corrected chi connectivity index (χ3v) is 6.48. The van der Waals surface area contributed by atoms with Gasteiger partial charge in [-0.15, -0.1) is 0 Å². The monoisotopic (exact) mass is 508 g/mol. The molecule has 0 heterocycles. The van der Waals surface area contributed by atoms with Gasteiger partial charge in [-0.05, 0) is 83.6 Å². The standard InChI is InChI=1S/C38H24N2/c39-27-37-25-33(17-21-35(37)19-15-29-7-3-1-4-8-29)23-31-11-13-32(14-12-31)24-34-18-22-36(38(26-34)28-40)20-16-30-9-5-2-6-10-30/h1-14,17-18,21-22,25-26H,23-24H2. The summed E-state index contributed by atoms with van der Waals surface area (Å²) in [6.07, 6.45) is 1.46. The molecule has 2 nitrogen and oxygen atoms in total. The Morgan fingerprint density at radius 2 is 0.750 bits per heavy atom. The summed E-state index contributed by atoms with van der Waals surface area (Å²) >= 11 is 0. The molecule has 186 valence electrons. The Balaban J connectivity index is 1.26. The van der Waals surface area contributed by atoms with E-state index in [2.05, 4.69) is 60.1 Å². The molecular weight excluding hydrogens is 484 g/mol. The maximum atomic E-state index is 9.67. The van der Waals surface area contributed by atoms with E-state index in [4.69, 9.17) is 0 Å². The minimum atomic E-state index is 0.586. The lowest BCUT2D eigenvalue weighted by atomic mass is 9.97. The molecule has 0 spiro atoms. The van der Waals surface area contributed by atoms with Gasteiger partial charge in [0, 0.05) is 22.3 Å². The number of nitrogens with zero attached hydrogens (tertiary/aromatic N) is 2. The average Bonchev–Trinajstić information content (AvgIpc) is 3.01. The Labute approximate surface area is 235 Å². The second-order valence-corrected chi connectivity index (χ2v) is 9.39. The number of benzene rings is 5. The summed E-state index contributed by atoms with van der Waals surface area (Å²) in [6, 6.07) is 44.4. The van der Waals surface area contributed by atoms with E-state index in [0.717, 1.165) is 46.2 Å². The van der Waals surface area contributed by atoms with Gasteiger partial charge in [0.1, 0.15) is 12.1 Å². The Kier molecular flexibility index (Phi) is 8.16. The van der Waals surface area contributed by atoms with Crippen molar-refractivity contribution in [3.8, 4) is 35.8 Å². The number of nitriles is 2. The SMILES string of the molecule is N#Cc1cc(Cc2ccc(Cc3ccc(C#Cc4ccccc4)c(C#N)c3)cc2)ccc1C#Cc1ccccc1. The molecule has 0 aliphatic rings. The second-order valence-electron chi connectivity index (χ2n) is 9.39. The zero-order valence-electron chi connectivity index (χ0n) is 21.9. The first-order chi connectivity index (χ1) is 19.7. The molecule has 5 rings (SSSR count). The van der Waals surface area contributed by atoms with E-state index in [1.165, 1.54) is 11.1 Å². The lowest BCUT2D eigenvalue weighted by molar-refractivity contribution is 1.15. The van der Waals surface area contributed by atoms with Crippen LogP contribution in [0.4, 0.5) is 0 Å². The lowest BCUT2D eigenvalue weighted by Crippen LogP contribution is -1.94. The zero-order chi connectivity index (χ0) is 27.6. The van der Waals surface area contributed by atoms with Crippen molar-refractivity contribution in [1.29, 1.82) is 10.5 Å². The third-order valence-electron chi connectivity index (χ3n) is 6.48. The van der Waals surface area contributed by atoms with Crippen LogP contribution in [0, 0.1) is 46.3 Å². The molecule has 0 fully saturated rings. The topological polar surface area (TPSA) is 47.6 Å².